The predicted octanol–water partition coefficient (Wildman–Crippen LogP) is 0.520. The molecule has 1 N–H and O–H groups in total. The molecule has 0 radical (unpaired) electrons. The predicted molar refractivity (Wildman–Crippen MR) is 50.2 cm³/mol. The molecule has 0 aromatic heterocycles. The van der Waals surface area contributed by atoms with Crippen molar-refractivity contribution in [1.82, 2.24) is 4.90 Å². The molecule has 1 rings (SSSR count). The number of rotatable bonds is 2. The molecule has 0 spiro atoms. The number of carboxylic acid groups (broad SMARTS) is 1. The summed E-state index contributed by atoms with van der Waals surface area (Å²) in [7, 11) is 1.22. The zero-order chi connectivity index (χ0) is 11.6. The second-order valence-electron chi connectivity index (χ2n) is 3.70. The van der Waals surface area contributed by atoms with E-state index < -0.39 is 24.3 Å². The van der Waals surface area contributed by atoms with Gasteiger partial charge in [0.15, 0.2) is 6.04 Å². The summed E-state index contributed by atoms with van der Waals surface area (Å²) in [6, 6.07) is -0.954. The van der Waals surface area contributed by atoms with E-state index in [-0.39, 0.29) is 12.5 Å². The summed E-state index contributed by atoms with van der Waals surface area (Å²) in [6.07, 6.45) is -1.20. The second kappa shape index (κ2) is 4.48. The first-order chi connectivity index (χ1) is 6.99. The van der Waals surface area contributed by atoms with Crippen molar-refractivity contribution in [2.24, 2.45) is 5.92 Å². The smallest absolute Gasteiger partial charge is 0.412 e. The molecule has 2 atom stereocenters. The van der Waals surface area contributed by atoms with Crippen LogP contribution in [0.5, 0.6) is 0 Å². The Balaban J connectivity index is 2.87. The number of hydrogen-bond acceptors (Lipinski definition) is 4. The van der Waals surface area contributed by atoms with Gasteiger partial charge >= 0.3 is 12.1 Å². The summed E-state index contributed by atoms with van der Waals surface area (Å²) in [5.74, 6) is -1.06. The molecule has 86 valence electrons. The summed E-state index contributed by atoms with van der Waals surface area (Å²) < 4.78 is 9.81. The number of carboxylic acids is 1. The van der Waals surface area contributed by atoms with Crippen LogP contribution in [-0.4, -0.2) is 48.1 Å². The average Bonchev–Trinajstić information content (AvgIpc) is 2.60. The lowest BCUT2D eigenvalue weighted by molar-refractivity contribution is -0.141. The zero-order valence-corrected chi connectivity index (χ0v) is 8.97. The lowest BCUT2D eigenvalue weighted by Crippen LogP contribution is -2.47. The maximum atomic E-state index is 11.4. The van der Waals surface area contributed by atoms with Crippen LogP contribution in [0.25, 0.3) is 0 Å². The summed E-state index contributed by atoms with van der Waals surface area (Å²) in [5.41, 5.74) is 0. The highest BCUT2D eigenvalue weighted by Crippen LogP contribution is 2.23. The first-order valence-electron chi connectivity index (χ1n) is 4.69. The highest BCUT2D eigenvalue weighted by atomic mass is 16.6. The Morgan fingerprint density at radius 3 is 2.53 bits per heavy atom. The van der Waals surface area contributed by atoms with Gasteiger partial charge in [-0.05, 0) is 5.92 Å². The molecule has 1 heterocycles. The van der Waals surface area contributed by atoms with Gasteiger partial charge in [-0.3, -0.25) is 4.90 Å². The Morgan fingerprint density at radius 2 is 2.13 bits per heavy atom. The Kier molecular flexibility index (Phi) is 3.52. The van der Waals surface area contributed by atoms with E-state index in [4.69, 9.17) is 9.84 Å². The molecule has 0 unspecified atom stereocenters. The number of nitrogens with zero attached hydrogens (tertiary/aromatic N) is 1. The fraction of sp³-hybridized carbons (Fsp3) is 0.778. The Bertz CT molecular complexity index is 265. The summed E-state index contributed by atoms with van der Waals surface area (Å²) in [4.78, 5) is 23.4. The van der Waals surface area contributed by atoms with Gasteiger partial charge < -0.3 is 14.6 Å². The molecule has 0 saturated carbocycles. The minimum absolute atomic E-state index is 0.00722. The fourth-order valence-corrected chi connectivity index (χ4v) is 1.57. The van der Waals surface area contributed by atoms with Crippen LogP contribution in [-0.2, 0) is 14.3 Å². The number of aliphatic carboxylic acids is 1. The number of carbonyl (C=O) groups is 2. The maximum Gasteiger partial charge on any atom is 0.412 e. The summed E-state index contributed by atoms with van der Waals surface area (Å²) >= 11 is 0. The van der Waals surface area contributed by atoms with E-state index in [1.807, 2.05) is 13.8 Å². The van der Waals surface area contributed by atoms with Crippen molar-refractivity contribution in [3.8, 4) is 0 Å². The van der Waals surface area contributed by atoms with Crippen LogP contribution in [0.1, 0.15) is 13.8 Å². The number of methoxy groups -OCH3 is 1. The van der Waals surface area contributed by atoms with Gasteiger partial charge in [0, 0.05) is 0 Å². The number of amides is 1. The first-order valence-corrected chi connectivity index (χ1v) is 4.69. The molecule has 1 fully saturated rings. The minimum Gasteiger partial charge on any atom is -0.480 e. The highest BCUT2D eigenvalue weighted by Gasteiger charge is 2.44. The van der Waals surface area contributed by atoms with Crippen LogP contribution < -0.4 is 0 Å². The zero-order valence-electron chi connectivity index (χ0n) is 8.97. The Labute approximate surface area is 87.8 Å². The fourth-order valence-electron chi connectivity index (χ4n) is 1.57. The number of hydrogen-bond donors (Lipinski definition) is 1. The molecule has 15 heavy (non-hydrogen) atoms. The van der Waals surface area contributed by atoms with E-state index >= 15 is 0 Å². The van der Waals surface area contributed by atoms with Crippen LogP contribution in [0.3, 0.4) is 0 Å². The SMILES string of the molecule is COC(=O)N1[C@@H](C(C)C)OC[C@H]1C(=O)O. The van der Waals surface area contributed by atoms with Gasteiger partial charge in [0.05, 0.1) is 13.7 Å². The van der Waals surface area contributed by atoms with Gasteiger partial charge in [-0.2, -0.15) is 0 Å². The normalized spacial score (nSPS) is 25.7. The van der Waals surface area contributed by atoms with Crippen molar-refractivity contribution in [2.75, 3.05) is 13.7 Å². The lowest BCUT2D eigenvalue weighted by Gasteiger charge is -2.26. The van der Waals surface area contributed by atoms with Crippen molar-refractivity contribution in [1.29, 1.82) is 0 Å². The van der Waals surface area contributed by atoms with Gasteiger partial charge in [-0.25, -0.2) is 9.59 Å². The van der Waals surface area contributed by atoms with E-state index in [0.717, 1.165) is 4.90 Å². The molecule has 1 amide bonds. The topological polar surface area (TPSA) is 76.1 Å². The number of carbonyl (C=O) groups excluding carboxylic acids is 1. The standard InChI is InChI=1S/C9H15NO5/c1-5(2)7-10(9(13)14-3)6(4-15-7)8(11)12/h5-7H,4H2,1-3H3,(H,11,12)/t6-,7+/m0/s1. The van der Waals surface area contributed by atoms with E-state index in [0.29, 0.717) is 0 Å². The van der Waals surface area contributed by atoms with Crippen LogP contribution in [0, 0.1) is 5.92 Å². The van der Waals surface area contributed by atoms with Crippen molar-refractivity contribution < 1.29 is 24.2 Å². The Hall–Kier alpha value is -1.30. The van der Waals surface area contributed by atoms with Crippen molar-refractivity contribution >= 4 is 12.1 Å². The van der Waals surface area contributed by atoms with Crippen molar-refractivity contribution in [3.63, 3.8) is 0 Å². The molecule has 0 aromatic rings. The summed E-state index contributed by atoms with van der Waals surface area (Å²) in [5, 5.41) is 8.90. The number of ether oxygens (including phenoxy) is 2. The van der Waals surface area contributed by atoms with Gasteiger partial charge in [-0.1, -0.05) is 13.8 Å². The van der Waals surface area contributed by atoms with Gasteiger partial charge in [0.1, 0.15) is 6.23 Å². The molecule has 0 aromatic carbocycles. The third-order valence-corrected chi connectivity index (χ3v) is 2.28. The molecule has 1 saturated heterocycles. The van der Waals surface area contributed by atoms with E-state index in [1.165, 1.54) is 7.11 Å². The Morgan fingerprint density at radius 1 is 1.53 bits per heavy atom. The van der Waals surface area contributed by atoms with Crippen LogP contribution >= 0.6 is 0 Å². The van der Waals surface area contributed by atoms with E-state index in [2.05, 4.69) is 4.74 Å². The molecule has 0 aliphatic carbocycles. The van der Waals surface area contributed by atoms with Gasteiger partial charge in [0.25, 0.3) is 0 Å². The van der Waals surface area contributed by atoms with E-state index in [1.54, 1.807) is 0 Å². The molecule has 0 bridgehead atoms. The molecular weight excluding hydrogens is 202 g/mol. The summed E-state index contributed by atoms with van der Waals surface area (Å²) in [6.45, 7) is 3.71. The van der Waals surface area contributed by atoms with Gasteiger partial charge in [-0.15, -0.1) is 0 Å². The third-order valence-electron chi connectivity index (χ3n) is 2.28. The van der Waals surface area contributed by atoms with Crippen LogP contribution in [0.15, 0.2) is 0 Å². The van der Waals surface area contributed by atoms with E-state index in [9.17, 15) is 9.59 Å². The second-order valence-corrected chi connectivity index (χ2v) is 3.70. The van der Waals surface area contributed by atoms with Crippen LogP contribution in [0.4, 0.5) is 4.79 Å². The molecule has 1 aliphatic heterocycles. The van der Waals surface area contributed by atoms with Crippen molar-refractivity contribution in [2.45, 2.75) is 26.1 Å². The highest BCUT2D eigenvalue weighted by molar-refractivity contribution is 5.80. The molecule has 1 aliphatic rings. The average molecular weight is 217 g/mol. The molecule has 6 nitrogen and oxygen atoms in total. The minimum atomic E-state index is -1.08. The van der Waals surface area contributed by atoms with Gasteiger partial charge in [0.2, 0.25) is 0 Å². The quantitative estimate of drug-likeness (QED) is 0.729. The third kappa shape index (κ3) is 2.20. The first kappa shape index (κ1) is 11.8. The molecular formula is C9H15NO5. The molecule has 6 heteroatoms. The van der Waals surface area contributed by atoms with Crippen LogP contribution in [0.2, 0.25) is 0 Å². The lowest BCUT2D eigenvalue weighted by atomic mass is 10.1. The monoisotopic (exact) mass is 217 g/mol. The van der Waals surface area contributed by atoms with Crippen molar-refractivity contribution in [3.05, 3.63) is 0 Å². The maximum absolute atomic E-state index is 11.4. The largest absolute Gasteiger partial charge is 0.480 e.